The van der Waals surface area contributed by atoms with Gasteiger partial charge in [-0.2, -0.15) is 0 Å². The van der Waals surface area contributed by atoms with Crippen molar-refractivity contribution >= 4 is 17.5 Å². The van der Waals surface area contributed by atoms with E-state index in [1.165, 1.54) is 4.90 Å². The van der Waals surface area contributed by atoms with Crippen LogP contribution in [-0.2, 0) is 0 Å². The molecule has 0 aliphatic carbocycles. The first-order valence-electron chi connectivity index (χ1n) is 7.82. The monoisotopic (exact) mass is 331 g/mol. The van der Waals surface area contributed by atoms with E-state index in [4.69, 9.17) is 4.98 Å². The van der Waals surface area contributed by atoms with E-state index in [0.717, 1.165) is 34.0 Å². The summed E-state index contributed by atoms with van der Waals surface area (Å²) in [5.41, 5.74) is 5.26. The SMILES string of the molecule is CSc1ccc(-c2c(-c3ccccc3)nc3nc(C)ccn23)cc1. The molecule has 0 bridgehead atoms. The van der Waals surface area contributed by atoms with Gasteiger partial charge in [-0.1, -0.05) is 42.5 Å². The van der Waals surface area contributed by atoms with Crippen molar-refractivity contribution in [2.45, 2.75) is 11.8 Å². The lowest BCUT2D eigenvalue weighted by atomic mass is 10.1. The minimum absolute atomic E-state index is 0.734. The zero-order valence-corrected chi connectivity index (χ0v) is 14.4. The molecule has 0 spiro atoms. The summed E-state index contributed by atoms with van der Waals surface area (Å²) in [6.45, 7) is 1.99. The predicted octanol–water partition coefficient (Wildman–Crippen LogP) is 5.09. The first-order valence-corrected chi connectivity index (χ1v) is 9.04. The van der Waals surface area contributed by atoms with Gasteiger partial charge in [-0.15, -0.1) is 11.8 Å². The number of fused-ring (bicyclic) bond motifs is 1. The summed E-state index contributed by atoms with van der Waals surface area (Å²) in [5, 5.41) is 0. The van der Waals surface area contributed by atoms with Crippen LogP contribution in [0.2, 0.25) is 0 Å². The van der Waals surface area contributed by atoms with Gasteiger partial charge >= 0.3 is 0 Å². The van der Waals surface area contributed by atoms with E-state index in [-0.39, 0.29) is 0 Å². The van der Waals surface area contributed by atoms with E-state index in [1.807, 2.05) is 31.2 Å². The Kier molecular flexibility index (Phi) is 3.82. The Morgan fingerprint density at radius 3 is 2.29 bits per heavy atom. The molecule has 4 rings (SSSR count). The largest absolute Gasteiger partial charge is 0.283 e. The van der Waals surface area contributed by atoms with Crippen LogP contribution in [0.3, 0.4) is 0 Å². The maximum absolute atomic E-state index is 4.81. The average molecular weight is 331 g/mol. The molecular formula is C20H17N3S. The van der Waals surface area contributed by atoms with Gasteiger partial charge in [0, 0.05) is 27.9 Å². The molecule has 3 nitrogen and oxygen atoms in total. The van der Waals surface area contributed by atoms with Gasteiger partial charge in [0.15, 0.2) is 0 Å². The second-order valence-corrected chi connectivity index (χ2v) is 6.52. The maximum atomic E-state index is 4.81. The fraction of sp³-hybridized carbons (Fsp3) is 0.100. The number of benzene rings is 2. The summed E-state index contributed by atoms with van der Waals surface area (Å²) in [4.78, 5) is 10.7. The topological polar surface area (TPSA) is 30.2 Å². The minimum Gasteiger partial charge on any atom is -0.283 e. The molecule has 0 saturated heterocycles. The normalized spacial score (nSPS) is 11.1. The molecule has 24 heavy (non-hydrogen) atoms. The van der Waals surface area contributed by atoms with Crippen molar-refractivity contribution in [1.29, 1.82) is 0 Å². The Morgan fingerprint density at radius 2 is 1.58 bits per heavy atom. The van der Waals surface area contributed by atoms with Crippen LogP contribution in [0.1, 0.15) is 5.69 Å². The van der Waals surface area contributed by atoms with Crippen LogP contribution < -0.4 is 0 Å². The van der Waals surface area contributed by atoms with Gasteiger partial charge in [-0.25, -0.2) is 9.97 Å². The lowest BCUT2D eigenvalue weighted by Crippen LogP contribution is -1.92. The lowest BCUT2D eigenvalue weighted by Gasteiger charge is -2.06. The Morgan fingerprint density at radius 1 is 0.833 bits per heavy atom. The highest BCUT2D eigenvalue weighted by Gasteiger charge is 2.16. The van der Waals surface area contributed by atoms with Crippen LogP contribution in [0.4, 0.5) is 0 Å². The highest BCUT2D eigenvalue weighted by molar-refractivity contribution is 7.98. The summed E-state index contributed by atoms with van der Waals surface area (Å²) < 4.78 is 2.07. The van der Waals surface area contributed by atoms with Crippen LogP contribution in [-0.4, -0.2) is 20.6 Å². The molecule has 4 heteroatoms. The highest BCUT2D eigenvalue weighted by Crippen LogP contribution is 2.33. The first-order chi connectivity index (χ1) is 11.8. The van der Waals surface area contributed by atoms with Crippen LogP contribution >= 0.6 is 11.8 Å². The molecule has 0 fully saturated rings. The van der Waals surface area contributed by atoms with Crippen molar-refractivity contribution in [3.63, 3.8) is 0 Å². The van der Waals surface area contributed by atoms with Crippen molar-refractivity contribution in [3.8, 4) is 22.5 Å². The Labute approximate surface area is 145 Å². The summed E-state index contributed by atoms with van der Waals surface area (Å²) in [6, 6.07) is 20.9. The first kappa shape index (κ1) is 15.0. The smallest absolute Gasteiger partial charge is 0.235 e. The third-order valence-electron chi connectivity index (χ3n) is 4.04. The van der Waals surface area contributed by atoms with Gasteiger partial charge in [0.05, 0.1) is 11.4 Å². The summed E-state index contributed by atoms with van der Waals surface area (Å²) in [5.74, 6) is 0.734. The Balaban J connectivity index is 2.00. The fourth-order valence-corrected chi connectivity index (χ4v) is 3.25. The average Bonchev–Trinajstić information content (AvgIpc) is 3.01. The molecule has 4 aromatic rings. The molecule has 2 heterocycles. The van der Waals surface area contributed by atoms with E-state index in [2.05, 4.69) is 58.2 Å². The third kappa shape index (κ3) is 2.59. The molecule has 0 unspecified atom stereocenters. The number of imidazole rings is 1. The molecule has 2 aromatic carbocycles. The summed E-state index contributed by atoms with van der Waals surface area (Å²) >= 11 is 1.75. The Hall–Kier alpha value is -2.59. The number of rotatable bonds is 3. The number of aryl methyl sites for hydroxylation is 1. The minimum atomic E-state index is 0.734. The Bertz CT molecular complexity index is 989. The summed E-state index contributed by atoms with van der Waals surface area (Å²) in [7, 11) is 0. The molecule has 0 radical (unpaired) electrons. The van der Waals surface area contributed by atoms with Gasteiger partial charge in [0.2, 0.25) is 5.78 Å². The maximum Gasteiger partial charge on any atom is 0.235 e. The zero-order chi connectivity index (χ0) is 16.5. The van der Waals surface area contributed by atoms with Crippen LogP contribution in [0.15, 0.2) is 71.8 Å². The van der Waals surface area contributed by atoms with Crippen LogP contribution in [0, 0.1) is 6.92 Å². The quantitative estimate of drug-likeness (QED) is 0.490. The number of hydrogen-bond donors (Lipinski definition) is 0. The number of aromatic nitrogens is 3. The second-order valence-electron chi connectivity index (χ2n) is 5.64. The van der Waals surface area contributed by atoms with Crippen molar-refractivity contribution in [2.75, 3.05) is 6.26 Å². The number of thioether (sulfide) groups is 1. The fourth-order valence-electron chi connectivity index (χ4n) is 2.84. The number of nitrogens with zero attached hydrogens (tertiary/aromatic N) is 3. The van der Waals surface area contributed by atoms with Crippen molar-refractivity contribution < 1.29 is 0 Å². The van der Waals surface area contributed by atoms with Gasteiger partial charge in [-0.05, 0) is 31.4 Å². The zero-order valence-electron chi connectivity index (χ0n) is 13.6. The van der Waals surface area contributed by atoms with Gasteiger partial charge in [0.25, 0.3) is 0 Å². The predicted molar refractivity (Wildman–Crippen MR) is 100 cm³/mol. The van der Waals surface area contributed by atoms with Gasteiger partial charge < -0.3 is 0 Å². The van der Waals surface area contributed by atoms with E-state index < -0.39 is 0 Å². The van der Waals surface area contributed by atoms with Crippen LogP contribution in [0.25, 0.3) is 28.3 Å². The van der Waals surface area contributed by atoms with Crippen LogP contribution in [0.5, 0.6) is 0 Å². The molecule has 0 N–H and O–H groups in total. The van der Waals surface area contributed by atoms with Gasteiger partial charge in [-0.3, -0.25) is 4.40 Å². The molecule has 118 valence electrons. The standard InChI is InChI=1S/C20H17N3S/c1-14-12-13-23-19(16-8-10-17(24-2)11-9-16)18(22-20(23)21-14)15-6-4-3-5-7-15/h3-13H,1-2H3. The molecule has 0 amide bonds. The van der Waals surface area contributed by atoms with E-state index in [0.29, 0.717) is 0 Å². The third-order valence-corrected chi connectivity index (χ3v) is 4.79. The van der Waals surface area contributed by atoms with Crippen molar-refractivity contribution in [3.05, 3.63) is 72.6 Å². The molecule has 0 saturated carbocycles. The van der Waals surface area contributed by atoms with E-state index in [9.17, 15) is 0 Å². The highest BCUT2D eigenvalue weighted by atomic mass is 32.2. The molecule has 0 atom stereocenters. The molecule has 0 aliphatic rings. The molecule has 0 aliphatic heterocycles. The van der Waals surface area contributed by atoms with Gasteiger partial charge in [0.1, 0.15) is 0 Å². The lowest BCUT2D eigenvalue weighted by molar-refractivity contribution is 1.07. The number of hydrogen-bond acceptors (Lipinski definition) is 3. The second kappa shape index (κ2) is 6.13. The van der Waals surface area contributed by atoms with Crippen molar-refractivity contribution in [1.82, 2.24) is 14.4 Å². The van der Waals surface area contributed by atoms with Crippen molar-refractivity contribution in [2.24, 2.45) is 0 Å². The summed E-state index contributed by atoms with van der Waals surface area (Å²) in [6.07, 6.45) is 4.14. The van der Waals surface area contributed by atoms with E-state index >= 15 is 0 Å². The molecule has 2 aromatic heterocycles. The van der Waals surface area contributed by atoms with E-state index in [1.54, 1.807) is 11.8 Å². The molecular weight excluding hydrogens is 314 g/mol.